The average Bonchev–Trinajstić information content (AvgIpc) is 3.33. The van der Waals surface area contributed by atoms with Crippen LogP contribution in [0.25, 0.3) is 22.6 Å². The Kier molecular flexibility index (Phi) is 4.73. The molecular weight excluding hydrogens is 355 g/mol. The molecule has 0 radical (unpaired) electrons. The summed E-state index contributed by atoms with van der Waals surface area (Å²) in [6.45, 7) is 6.04. The second-order valence-corrected chi connectivity index (χ2v) is 7.10. The van der Waals surface area contributed by atoms with E-state index in [0.29, 0.717) is 5.56 Å². The van der Waals surface area contributed by atoms with E-state index in [0.717, 1.165) is 28.3 Å². The molecule has 28 heavy (non-hydrogen) atoms. The summed E-state index contributed by atoms with van der Waals surface area (Å²) in [5, 5.41) is 10.9. The van der Waals surface area contributed by atoms with Crippen LogP contribution in [0.4, 0.5) is 4.39 Å². The van der Waals surface area contributed by atoms with Crippen molar-refractivity contribution in [3.8, 4) is 22.6 Å². The molecule has 7 heteroatoms. The van der Waals surface area contributed by atoms with Crippen LogP contribution in [0, 0.1) is 18.7 Å². The van der Waals surface area contributed by atoms with E-state index in [9.17, 15) is 4.39 Å². The lowest BCUT2D eigenvalue weighted by Crippen LogP contribution is -2.16. The van der Waals surface area contributed by atoms with Gasteiger partial charge in [-0.15, -0.1) is 0 Å². The Morgan fingerprint density at radius 3 is 2.57 bits per heavy atom. The van der Waals surface area contributed by atoms with E-state index < -0.39 is 0 Å². The number of imidazole rings is 1. The number of aromatic amines is 1. The van der Waals surface area contributed by atoms with Crippen LogP contribution in [-0.2, 0) is 0 Å². The summed E-state index contributed by atoms with van der Waals surface area (Å²) in [5.74, 6) is -0.0193. The molecular formula is C21H21FN6. The SMILES string of the molecule is Cc1n[nH]nc1-c1ccnc(-c2cn(C(c3ccccc3F)C(C)C)cn2)c1. The molecule has 0 fully saturated rings. The molecule has 4 rings (SSSR count). The van der Waals surface area contributed by atoms with Crippen LogP contribution in [0.15, 0.2) is 55.1 Å². The van der Waals surface area contributed by atoms with Gasteiger partial charge in [0.1, 0.15) is 17.2 Å². The molecule has 0 saturated heterocycles. The van der Waals surface area contributed by atoms with Crippen LogP contribution in [0.3, 0.4) is 0 Å². The van der Waals surface area contributed by atoms with E-state index in [-0.39, 0.29) is 17.8 Å². The van der Waals surface area contributed by atoms with E-state index in [1.54, 1.807) is 18.6 Å². The van der Waals surface area contributed by atoms with Gasteiger partial charge in [0.2, 0.25) is 0 Å². The molecule has 0 amide bonds. The van der Waals surface area contributed by atoms with E-state index in [4.69, 9.17) is 0 Å². The van der Waals surface area contributed by atoms with Crippen LogP contribution in [0.5, 0.6) is 0 Å². The van der Waals surface area contributed by atoms with Crippen LogP contribution >= 0.6 is 0 Å². The Morgan fingerprint density at radius 1 is 1.04 bits per heavy atom. The zero-order valence-corrected chi connectivity index (χ0v) is 16.0. The van der Waals surface area contributed by atoms with E-state index in [1.807, 2.05) is 42.0 Å². The first-order valence-corrected chi connectivity index (χ1v) is 9.16. The highest BCUT2D eigenvalue weighted by Crippen LogP contribution is 2.30. The summed E-state index contributed by atoms with van der Waals surface area (Å²) >= 11 is 0. The number of rotatable bonds is 5. The molecule has 1 aromatic carbocycles. The number of hydrogen-bond donors (Lipinski definition) is 1. The molecule has 6 nitrogen and oxygen atoms in total. The number of nitrogens with one attached hydrogen (secondary N) is 1. The molecule has 3 heterocycles. The number of benzene rings is 1. The Morgan fingerprint density at radius 2 is 1.86 bits per heavy atom. The number of hydrogen-bond acceptors (Lipinski definition) is 4. The smallest absolute Gasteiger partial charge is 0.128 e. The highest BCUT2D eigenvalue weighted by atomic mass is 19.1. The van der Waals surface area contributed by atoms with Crippen molar-refractivity contribution in [3.63, 3.8) is 0 Å². The van der Waals surface area contributed by atoms with Gasteiger partial charge in [-0.1, -0.05) is 32.0 Å². The maximum atomic E-state index is 14.4. The molecule has 0 spiro atoms. The minimum atomic E-state index is -0.210. The summed E-state index contributed by atoms with van der Waals surface area (Å²) in [6, 6.07) is 10.6. The maximum Gasteiger partial charge on any atom is 0.128 e. The van der Waals surface area contributed by atoms with Crippen molar-refractivity contribution in [2.75, 3.05) is 0 Å². The normalized spacial score (nSPS) is 12.5. The van der Waals surface area contributed by atoms with Crippen molar-refractivity contribution in [1.82, 2.24) is 29.9 Å². The molecule has 0 aliphatic rings. The predicted octanol–water partition coefficient (Wildman–Crippen LogP) is 4.42. The van der Waals surface area contributed by atoms with Crippen molar-refractivity contribution >= 4 is 0 Å². The molecule has 142 valence electrons. The van der Waals surface area contributed by atoms with Gasteiger partial charge in [-0.3, -0.25) is 4.98 Å². The van der Waals surface area contributed by atoms with Gasteiger partial charge >= 0.3 is 0 Å². The third kappa shape index (κ3) is 3.31. The average molecular weight is 376 g/mol. The summed E-state index contributed by atoms with van der Waals surface area (Å²) in [5.41, 5.74) is 4.64. The van der Waals surface area contributed by atoms with E-state index >= 15 is 0 Å². The lowest BCUT2D eigenvalue weighted by Gasteiger charge is -2.23. The lowest BCUT2D eigenvalue weighted by molar-refractivity contribution is 0.419. The summed E-state index contributed by atoms with van der Waals surface area (Å²) in [6.07, 6.45) is 5.38. The number of aromatic nitrogens is 6. The van der Waals surface area contributed by atoms with Crippen LogP contribution in [0.1, 0.15) is 31.1 Å². The number of H-pyrrole nitrogens is 1. The van der Waals surface area contributed by atoms with Gasteiger partial charge in [0.15, 0.2) is 0 Å². The summed E-state index contributed by atoms with van der Waals surface area (Å²) in [7, 11) is 0. The highest BCUT2D eigenvalue weighted by Gasteiger charge is 2.22. The van der Waals surface area contributed by atoms with Crippen molar-refractivity contribution < 1.29 is 4.39 Å². The van der Waals surface area contributed by atoms with Crippen molar-refractivity contribution in [2.45, 2.75) is 26.8 Å². The Balaban J connectivity index is 1.71. The number of aryl methyl sites for hydroxylation is 1. The van der Waals surface area contributed by atoms with Gasteiger partial charge in [-0.25, -0.2) is 9.37 Å². The molecule has 3 aromatic heterocycles. The van der Waals surface area contributed by atoms with Gasteiger partial charge in [-0.05, 0) is 31.0 Å². The highest BCUT2D eigenvalue weighted by molar-refractivity contribution is 5.67. The minimum Gasteiger partial charge on any atom is -0.329 e. The van der Waals surface area contributed by atoms with Gasteiger partial charge in [-0.2, -0.15) is 15.4 Å². The van der Waals surface area contributed by atoms with Crippen molar-refractivity contribution in [2.24, 2.45) is 5.92 Å². The fourth-order valence-electron chi connectivity index (χ4n) is 3.48. The van der Waals surface area contributed by atoms with Gasteiger partial charge < -0.3 is 4.57 Å². The predicted molar refractivity (Wildman–Crippen MR) is 105 cm³/mol. The van der Waals surface area contributed by atoms with Crippen LogP contribution in [-0.4, -0.2) is 29.9 Å². The van der Waals surface area contributed by atoms with Crippen LogP contribution in [0.2, 0.25) is 0 Å². The Labute approximate surface area is 162 Å². The standard InChI is InChI=1S/C21H21FN6/c1-13(2)21(16-6-4-5-7-17(16)22)28-11-19(24-12-28)18-10-15(8-9-23-18)20-14(3)25-27-26-20/h4-13,21H,1-3H3,(H,25,26,27). The van der Waals surface area contributed by atoms with Gasteiger partial charge in [0.05, 0.1) is 23.8 Å². The third-order valence-corrected chi connectivity index (χ3v) is 4.80. The topological polar surface area (TPSA) is 72.3 Å². The number of halogens is 1. The fraction of sp³-hybridized carbons (Fsp3) is 0.238. The maximum absolute atomic E-state index is 14.4. The molecule has 0 bridgehead atoms. The Hall–Kier alpha value is -3.35. The summed E-state index contributed by atoms with van der Waals surface area (Å²) in [4.78, 5) is 8.97. The molecule has 4 aromatic rings. The molecule has 1 unspecified atom stereocenters. The van der Waals surface area contributed by atoms with Gasteiger partial charge in [0.25, 0.3) is 0 Å². The number of pyridine rings is 1. The zero-order chi connectivity index (χ0) is 19.7. The van der Waals surface area contributed by atoms with E-state index in [2.05, 4.69) is 39.2 Å². The number of nitrogens with zero attached hydrogens (tertiary/aromatic N) is 5. The Bertz CT molecular complexity index is 1100. The molecule has 0 aliphatic carbocycles. The fourth-order valence-corrected chi connectivity index (χ4v) is 3.48. The van der Waals surface area contributed by atoms with Crippen molar-refractivity contribution in [1.29, 1.82) is 0 Å². The summed E-state index contributed by atoms with van der Waals surface area (Å²) < 4.78 is 16.4. The first kappa shape index (κ1) is 18.0. The molecule has 0 saturated carbocycles. The molecule has 0 aliphatic heterocycles. The molecule has 1 atom stereocenters. The third-order valence-electron chi connectivity index (χ3n) is 4.80. The monoisotopic (exact) mass is 376 g/mol. The zero-order valence-electron chi connectivity index (χ0n) is 16.0. The van der Waals surface area contributed by atoms with Crippen molar-refractivity contribution in [3.05, 3.63) is 72.2 Å². The van der Waals surface area contributed by atoms with Gasteiger partial charge in [0, 0.05) is 23.5 Å². The largest absolute Gasteiger partial charge is 0.329 e. The van der Waals surface area contributed by atoms with Crippen LogP contribution < -0.4 is 0 Å². The molecule has 1 N–H and O–H groups in total. The first-order chi connectivity index (χ1) is 13.5. The second kappa shape index (κ2) is 7.34. The van der Waals surface area contributed by atoms with E-state index in [1.165, 1.54) is 6.07 Å². The first-order valence-electron chi connectivity index (χ1n) is 9.16. The second-order valence-electron chi connectivity index (χ2n) is 7.10. The quantitative estimate of drug-likeness (QED) is 0.559. The lowest BCUT2D eigenvalue weighted by atomic mass is 9.95. The minimum absolute atomic E-state index is 0.150.